The molecule has 1 heterocycles. The van der Waals surface area contributed by atoms with E-state index in [2.05, 4.69) is 10.1 Å². The van der Waals surface area contributed by atoms with Crippen molar-refractivity contribution < 1.29 is 33.4 Å². The number of carbonyl (C=O) groups is 5. The van der Waals surface area contributed by atoms with E-state index < -0.39 is 48.1 Å². The summed E-state index contributed by atoms with van der Waals surface area (Å²) < 4.78 is 9.22. The van der Waals surface area contributed by atoms with E-state index >= 15 is 0 Å². The van der Waals surface area contributed by atoms with Crippen molar-refractivity contribution in [2.75, 3.05) is 13.7 Å². The van der Waals surface area contributed by atoms with Gasteiger partial charge in [0.05, 0.1) is 7.11 Å². The third kappa shape index (κ3) is 3.78. The van der Waals surface area contributed by atoms with E-state index in [1.54, 1.807) is 12.1 Å². The molecule has 0 aromatic heterocycles. The fraction of sp³-hybridized carbons (Fsp3) is 0.421. The molecule has 0 saturated carbocycles. The highest BCUT2D eigenvalue weighted by molar-refractivity contribution is 6.09. The van der Waals surface area contributed by atoms with Crippen LogP contribution in [0.4, 0.5) is 9.59 Å². The van der Waals surface area contributed by atoms with Crippen molar-refractivity contribution in [3.63, 3.8) is 0 Å². The Kier molecular flexibility index (Phi) is 5.53. The molecule has 0 unspecified atom stereocenters. The van der Waals surface area contributed by atoms with Crippen molar-refractivity contribution in [1.82, 2.24) is 15.5 Å². The van der Waals surface area contributed by atoms with E-state index in [0.717, 1.165) is 29.6 Å². The highest BCUT2D eigenvalue weighted by Crippen LogP contribution is 2.39. The van der Waals surface area contributed by atoms with E-state index in [9.17, 15) is 24.0 Å². The number of benzene rings is 1. The van der Waals surface area contributed by atoms with Gasteiger partial charge in [0.2, 0.25) is 0 Å². The van der Waals surface area contributed by atoms with Crippen LogP contribution in [0.1, 0.15) is 30.9 Å². The molecule has 5 amide bonds. The molecule has 29 heavy (non-hydrogen) atoms. The molecule has 2 N–H and O–H groups in total. The van der Waals surface area contributed by atoms with Crippen LogP contribution in [-0.2, 0) is 35.8 Å². The summed E-state index contributed by atoms with van der Waals surface area (Å²) in [7, 11) is 1.08. The first-order valence-electron chi connectivity index (χ1n) is 9.09. The number of imide groups is 2. The van der Waals surface area contributed by atoms with E-state index in [1.165, 1.54) is 6.92 Å². The number of amides is 5. The Morgan fingerprint density at radius 3 is 2.72 bits per heavy atom. The van der Waals surface area contributed by atoms with Gasteiger partial charge in [-0.2, -0.15) is 0 Å². The first-order valence-corrected chi connectivity index (χ1v) is 9.09. The van der Waals surface area contributed by atoms with Gasteiger partial charge < -0.3 is 14.8 Å². The molecule has 1 aliphatic carbocycles. The van der Waals surface area contributed by atoms with E-state index in [4.69, 9.17) is 4.74 Å². The molecule has 0 radical (unpaired) electrons. The number of urea groups is 1. The maximum atomic E-state index is 13.1. The zero-order valence-corrected chi connectivity index (χ0v) is 16.0. The lowest BCUT2D eigenvalue weighted by Gasteiger charge is -2.33. The normalized spacial score (nSPS) is 21.2. The Balaban J connectivity index is 1.69. The maximum absolute atomic E-state index is 13.1. The number of alkyl carbamates (subject to hydrolysis) is 1. The standard InChI is InChI=1S/C19H21N3O7/c1-11(15(24)20-18(27)28-2)29-14(23)10-22-16(25)19(21-17(22)26)9-5-7-12-6-3-4-8-13(12)19/h3-4,6,8,11H,5,7,9-10H2,1-2H3,(H,21,26)(H,20,24,27)/t11-,19+/m0/s1. The van der Waals surface area contributed by atoms with Crippen LogP contribution >= 0.6 is 0 Å². The van der Waals surface area contributed by atoms with Crippen molar-refractivity contribution in [1.29, 1.82) is 0 Å². The quantitative estimate of drug-likeness (QED) is 0.555. The number of hydrogen-bond donors (Lipinski definition) is 2. The Hall–Kier alpha value is -3.43. The minimum absolute atomic E-state index is 0.429. The number of carbonyl (C=O) groups excluding carboxylic acids is 5. The predicted molar refractivity (Wildman–Crippen MR) is 97.4 cm³/mol. The molecule has 3 rings (SSSR count). The molecule has 1 saturated heterocycles. The van der Waals surface area contributed by atoms with Crippen molar-refractivity contribution in [3.8, 4) is 0 Å². The average molecular weight is 403 g/mol. The van der Waals surface area contributed by atoms with Crippen LogP contribution in [0.25, 0.3) is 0 Å². The zero-order chi connectivity index (χ0) is 21.2. The van der Waals surface area contributed by atoms with Crippen LogP contribution in [0.2, 0.25) is 0 Å². The molecular weight excluding hydrogens is 382 g/mol. The van der Waals surface area contributed by atoms with E-state index in [-0.39, 0.29) is 0 Å². The molecule has 2 aliphatic rings. The second-order valence-electron chi connectivity index (χ2n) is 6.85. The SMILES string of the molecule is COC(=O)NC(=O)[C@H](C)OC(=O)CN1C(=O)N[C@@]2(CCCc3ccccc32)C1=O. The summed E-state index contributed by atoms with van der Waals surface area (Å²) in [5, 5.41) is 4.60. The van der Waals surface area contributed by atoms with Crippen LogP contribution in [0.5, 0.6) is 0 Å². The van der Waals surface area contributed by atoms with E-state index in [0.29, 0.717) is 12.8 Å². The fourth-order valence-electron chi connectivity index (χ4n) is 3.63. The summed E-state index contributed by atoms with van der Waals surface area (Å²) in [6.07, 6.45) is -0.364. The average Bonchev–Trinajstić information content (AvgIpc) is 2.92. The van der Waals surface area contributed by atoms with Gasteiger partial charge in [0.15, 0.2) is 6.10 Å². The minimum Gasteiger partial charge on any atom is -0.453 e. The number of esters is 1. The third-order valence-electron chi connectivity index (χ3n) is 5.03. The Morgan fingerprint density at radius 1 is 1.28 bits per heavy atom. The Morgan fingerprint density at radius 2 is 2.00 bits per heavy atom. The first kappa shape index (κ1) is 20.3. The molecule has 154 valence electrons. The van der Waals surface area contributed by atoms with Gasteiger partial charge in [0.25, 0.3) is 11.8 Å². The highest BCUT2D eigenvalue weighted by Gasteiger charge is 2.54. The van der Waals surface area contributed by atoms with Crippen molar-refractivity contribution >= 4 is 29.9 Å². The van der Waals surface area contributed by atoms with Gasteiger partial charge in [0.1, 0.15) is 12.1 Å². The van der Waals surface area contributed by atoms with Crippen LogP contribution in [0.3, 0.4) is 0 Å². The van der Waals surface area contributed by atoms with Gasteiger partial charge in [0, 0.05) is 0 Å². The van der Waals surface area contributed by atoms with Crippen LogP contribution in [0.15, 0.2) is 24.3 Å². The second-order valence-corrected chi connectivity index (χ2v) is 6.85. The number of nitrogens with one attached hydrogen (secondary N) is 2. The summed E-state index contributed by atoms with van der Waals surface area (Å²) in [6, 6.07) is 6.68. The lowest BCUT2D eigenvalue weighted by atomic mass is 9.76. The highest BCUT2D eigenvalue weighted by atomic mass is 16.6. The van der Waals surface area contributed by atoms with Gasteiger partial charge in [-0.15, -0.1) is 0 Å². The van der Waals surface area contributed by atoms with Gasteiger partial charge in [-0.05, 0) is 37.3 Å². The minimum atomic E-state index is -1.31. The monoisotopic (exact) mass is 403 g/mol. The molecular formula is C19H21N3O7. The smallest absolute Gasteiger partial charge is 0.413 e. The van der Waals surface area contributed by atoms with Crippen molar-refractivity contribution in [2.45, 2.75) is 37.8 Å². The van der Waals surface area contributed by atoms with Gasteiger partial charge >= 0.3 is 18.1 Å². The lowest BCUT2D eigenvalue weighted by Crippen LogP contribution is -2.47. The Labute approximate surface area is 166 Å². The molecule has 0 bridgehead atoms. The summed E-state index contributed by atoms with van der Waals surface area (Å²) in [5.41, 5.74) is 0.510. The predicted octanol–water partition coefficient (Wildman–Crippen LogP) is 0.584. The van der Waals surface area contributed by atoms with E-state index in [1.807, 2.05) is 17.4 Å². The summed E-state index contributed by atoms with van der Waals surface area (Å²) >= 11 is 0. The molecule has 1 spiro atoms. The van der Waals surface area contributed by atoms with Gasteiger partial charge in [-0.25, -0.2) is 9.59 Å². The summed E-state index contributed by atoms with van der Waals surface area (Å²) in [4.78, 5) is 61.3. The number of nitrogens with zero attached hydrogens (tertiary/aromatic N) is 1. The molecule has 1 aromatic rings. The summed E-state index contributed by atoms with van der Waals surface area (Å²) in [5.74, 6) is -2.37. The van der Waals surface area contributed by atoms with Crippen LogP contribution < -0.4 is 10.6 Å². The zero-order valence-electron chi connectivity index (χ0n) is 16.0. The molecule has 1 fully saturated rings. The largest absolute Gasteiger partial charge is 0.453 e. The van der Waals surface area contributed by atoms with Crippen molar-refractivity contribution in [2.24, 2.45) is 0 Å². The van der Waals surface area contributed by atoms with Crippen LogP contribution in [0, 0.1) is 0 Å². The number of rotatable bonds is 4. The third-order valence-corrected chi connectivity index (χ3v) is 5.03. The molecule has 1 aliphatic heterocycles. The summed E-state index contributed by atoms with van der Waals surface area (Å²) in [6.45, 7) is 0.603. The van der Waals surface area contributed by atoms with Crippen LogP contribution in [-0.4, -0.2) is 54.6 Å². The molecule has 1 aromatic carbocycles. The molecule has 2 atom stereocenters. The maximum Gasteiger partial charge on any atom is 0.413 e. The second kappa shape index (κ2) is 7.90. The van der Waals surface area contributed by atoms with Gasteiger partial charge in [-0.3, -0.25) is 24.6 Å². The number of ether oxygens (including phenoxy) is 2. The first-order chi connectivity index (χ1) is 13.8. The molecule has 10 heteroatoms. The number of aryl methyl sites for hydroxylation is 1. The van der Waals surface area contributed by atoms with Crippen molar-refractivity contribution in [3.05, 3.63) is 35.4 Å². The Bertz CT molecular complexity index is 884. The fourth-order valence-corrected chi connectivity index (χ4v) is 3.63. The lowest BCUT2D eigenvalue weighted by molar-refractivity contribution is -0.156. The number of methoxy groups -OCH3 is 1. The topological polar surface area (TPSA) is 131 Å². The number of hydrogen-bond acceptors (Lipinski definition) is 7. The number of fused-ring (bicyclic) bond motifs is 2. The van der Waals surface area contributed by atoms with Gasteiger partial charge in [-0.1, -0.05) is 24.3 Å². The molecule has 10 nitrogen and oxygen atoms in total.